The number of carbonyl (C=O) groups excluding carboxylic acids is 4. The molecule has 6 atom stereocenters. The molecule has 0 aromatic heterocycles. The first-order valence-electron chi connectivity index (χ1n) is 14.9. The quantitative estimate of drug-likeness (QED) is 0.262. The van der Waals surface area contributed by atoms with Crippen molar-refractivity contribution in [3.05, 3.63) is 106 Å². The second-order valence-electron chi connectivity index (χ2n) is 12.6. The van der Waals surface area contributed by atoms with E-state index in [1.165, 1.54) is 17.0 Å². The van der Waals surface area contributed by atoms with Gasteiger partial charge in [-0.2, -0.15) is 0 Å². The van der Waals surface area contributed by atoms with Crippen molar-refractivity contribution in [3.63, 3.8) is 0 Å². The van der Waals surface area contributed by atoms with Crippen molar-refractivity contribution in [2.45, 2.75) is 32.6 Å². The van der Waals surface area contributed by atoms with Crippen LogP contribution in [0, 0.1) is 41.8 Å². The van der Waals surface area contributed by atoms with E-state index in [2.05, 4.69) is 6.58 Å². The number of phenols is 1. The molecule has 4 aliphatic rings. The van der Waals surface area contributed by atoms with Gasteiger partial charge in [0, 0.05) is 11.5 Å². The molecule has 7 rings (SSSR count). The maximum Gasteiger partial charge on any atom is 0.241 e. The van der Waals surface area contributed by atoms with E-state index < -0.39 is 52.6 Å². The lowest BCUT2D eigenvalue weighted by atomic mass is 9.51. The fourth-order valence-electron chi connectivity index (χ4n) is 8.16. The van der Waals surface area contributed by atoms with E-state index in [4.69, 9.17) is 11.6 Å². The zero-order valence-electron chi connectivity index (χ0n) is 24.7. The number of rotatable bonds is 4. The SMILES string of the molecule is C=Cc1ccc(N2C(=O)C3CC=C4C(CC5C(=O)N(c6ccc(F)c(Cl)c6)C(=O)C5(C)C4c4cccc(C)c4O)C3C2=O)cc1. The van der Waals surface area contributed by atoms with Crippen molar-refractivity contribution >= 4 is 52.7 Å². The summed E-state index contributed by atoms with van der Waals surface area (Å²) in [5.74, 6) is -5.85. The highest BCUT2D eigenvalue weighted by atomic mass is 35.5. The molecule has 9 heteroatoms. The number of anilines is 2. The average molecular weight is 625 g/mol. The van der Waals surface area contributed by atoms with Crippen molar-refractivity contribution < 1.29 is 28.7 Å². The number of halogens is 2. The first kappa shape index (κ1) is 29.2. The lowest BCUT2D eigenvalue weighted by Crippen LogP contribution is -2.49. The van der Waals surface area contributed by atoms with Crippen LogP contribution in [-0.4, -0.2) is 28.7 Å². The van der Waals surface area contributed by atoms with Gasteiger partial charge in [0.05, 0.1) is 39.6 Å². The number of para-hydroxylation sites is 1. The summed E-state index contributed by atoms with van der Waals surface area (Å²) in [7, 11) is 0. The third-order valence-corrected chi connectivity index (χ3v) is 10.7. The van der Waals surface area contributed by atoms with Crippen LogP contribution in [0.2, 0.25) is 5.02 Å². The third kappa shape index (κ3) is 4.01. The van der Waals surface area contributed by atoms with Crippen molar-refractivity contribution in [1.82, 2.24) is 0 Å². The van der Waals surface area contributed by atoms with Crippen molar-refractivity contribution in [3.8, 4) is 5.75 Å². The maximum atomic E-state index is 14.5. The van der Waals surface area contributed by atoms with Crippen LogP contribution in [0.25, 0.3) is 6.08 Å². The van der Waals surface area contributed by atoms with Gasteiger partial charge >= 0.3 is 0 Å². The Hall–Kier alpha value is -4.56. The Morgan fingerprint density at radius 3 is 2.36 bits per heavy atom. The molecule has 2 aliphatic carbocycles. The standard InChI is InChI=1S/C36H30ClFN2O5/c1-4-19-8-10-20(11-9-19)39-32(42)23-14-13-22-25(29(23)34(39)44)17-26-33(43)40(21-12-15-28(38)27(37)16-21)35(45)36(26,3)30(22)24-7-5-6-18(2)31(24)41/h4-13,15-16,23,25-26,29-30,41H,1,14,17H2,2-3H3. The molecule has 4 amide bonds. The number of imide groups is 2. The predicted molar refractivity (Wildman–Crippen MR) is 168 cm³/mol. The number of aryl methyl sites for hydroxylation is 1. The summed E-state index contributed by atoms with van der Waals surface area (Å²) in [4.78, 5) is 59.0. The molecule has 6 unspecified atom stereocenters. The van der Waals surface area contributed by atoms with Crippen LogP contribution in [0.1, 0.15) is 42.4 Å². The Kier molecular flexibility index (Phi) is 6.64. The number of benzene rings is 3. The molecule has 0 spiro atoms. The number of hydrogen-bond acceptors (Lipinski definition) is 5. The average Bonchev–Trinajstić information content (AvgIpc) is 3.40. The van der Waals surface area contributed by atoms with Gasteiger partial charge < -0.3 is 5.11 Å². The van der Waals surface area contributed by atoms with E-state index >= 15 is 0 Å². The summed E-state index contributed by atoms with van der Waals surface area (Å²) in [5, 5.41) is 11.1. The topological polar surface area (TPSA) is 95.0 Å². The molecular formula is C36H30ClFN2O5. The summed E-state index contributed by atoms with van der Waals surface area (Å²) >= 11 is 6.06. The second-order valence-corrected chi connectivity index (χ2v) is 13.0. The fraction of sp³-hybridized carbons (Fsp3) is 0.278. The lowest BCUT2D eigenvalue weighted by Gasteiger charge is -2.49. The van der Waals surface area contributed by atoms with Crippen LogP contribution in [0.3, 0.4) is 0 Å². The Morgan fingerprint density at radius 2 is 1.67 bits per heavy atom. The smallest absolute Gasteiger partial charge is 0.241 e. The zero-order chi connectivity index (χ0) is 31.9. The molecule has 0 radical (unpaired) electrons. The summed E-state index contributed by atoms with van der Waals surface area (Å²) < 4.78 is 14.1. The van der Waals surface area contributed by atoms with E-state index in [1.807, 2.05) is 6.08 Å². The number of fused-ring (bicyclic) bond motifs is 4. The fourth-order valence-corrected chi connectivity index (χ4v) is 8.33. The monoisotopic (exact) mass is 624 g/mol. The molecular weight excluding hydrogens is 595 g/mol. The minimum Gasteiger partial charge on any atom is -0.507 e. The molecule has 3 aromatic rings. The second kappa shape index (κ2) is 10.2. The van der Waals surface area contributed by atoms with Crippen LogP contribution in [0.15, 0.2) is 78.9 Å². The van der Waals surface area contributed by atoms with Gasteiger partial charge in [-0.3, -0.25) is 24.1 Å². The lowest BCUT2D eigenvalue weighted by molar-refractivity contribution is -0.131. The first-order chi connectivity index (χ1) is 21.5. The highest BCUT2D eigenvalue weighted by Crippen LogP contribution is 2.64. The van der Waals surface area contributed by atoms with Gasteiger partial charge in [0.2, 0.25) is 23.6 Å². The third-order valence-electron chi connectivity index (χ3n) is 10.4. The Labute approximate surface area is 264 Å². The molecule has 7 nitrogen and oxygen atoms in total. The number of aromatic hydroxyl groups is 1. The Morgan fingerprint density at radius 1 is 0.956 bits per heavy atom. The summed E-state index contributed by atoms with van der Waals surface area (Å²) in [6.45, 7) is 7.25. The number of allylic oxidation sites excluding steroid dienone is 2. The van der Waals surface area contributed by atoms with Gasteiger partial charge in [0.25, 0.3) is 0 Å². The predicted octanol–water partition coefficient (Wildman–Crippen LogP) is 6.57. The molecule has 45 heavy (non-hydrogen) atoms. The summed E-state index contributed by atoms with van der Waals surface area (Å²) in [5.41, 5.74) is 1.96. The van der Waals surface area contributed by atoms with Crippen molar-refractivity contribution in [2.24, 2.45) is 29.1 Å². The molecule has 2 aliphatic heterocycles. The Bertz CT molecular complexity index is 1870. The van der Waals surface area contributed by atoms with Gasteiger partial charge in [0.1, 0.15) is 11.6 Å². The molecule has 0 bridgehead atoms. The minimum absolute atomic E-state index is 0.00688. The van der Waals surface area contributed by atoms with Gasteiger partial charge in [-0.1, -0.05) is 66.2 Å². The first-order valence-corrected chi connectivity index (χ1v) is 15.3. The van der Waals surface area contributed by atoms with E-state index in [0.717, 1.165) is 22.1 Å². The molecule has 3 fully saturated rings. The van der Waals surface area contributed by atoms with E-state index in [0.29, 0.717) is 16.8 Å². The maximum absolute atomic E-state index is 14.5. The summed E-state index contributed by atoms with van der Waals surface area (Å²) in [6, 6.07) is 16.0. The van der Waals surface area contributed by atoms with Crippen molar-refractivity contribution in [1.29, 1.82) is 0 Å². The number of amides is 4. The van der Waals surface area contributed by atoms with E-state index in [1.54, 1.807) is 62.4 Å². The van der Waals surface area contributed by atoms with Gasteiger partial charge in [-0.05, 0) is 74.1 Å². The largest absolute Gasteiger partial charge is 0.507 e. The van der Waals surface area contributed by atoms with Crippen molar-refractivity contribution in [2.75, 3.05) is 9.80 Å². The van der Waals surface area contributed by atoms with Gasteiger partial charge in [-0.15, -0.1) is 0 Å². The molecule has 3 aromatic carbocycles. The molecule has 1 saturated carbocycles. The molecule has 2 heterocycles. The molecule has 1 N–H and O–H groups in total. The van der Waals surface area contributed by atoms with Gasteiger partial charge in [-0.25, -0.2) is 9.29 Å². The number of phenolic OH excluding ortho intramolecular Hbond substituents is 1. The van der Waals surface area contributed by atoms with Crippen LogP contribution in [0.4, 0.5) is 15.8 Å². The van der Waals surface area contributed by atoms with E-state index in [-0.39, 0.29) is 41.1 Å². The highest BCUT2D eigenvalue weighted by Gasteiger charge is 2.68. The zero-order valence-corrected chi connectivity index (χ0v) is 25.4. The minimum atomic E-state index is -1.34. The van der Waals surface area contributed by atoms with Gasteiger partial charge in [0.15, 0.2) is 0 Å². The number of carbonyl (C=O) groups is 4. The van der Waals surface area contributed by atoms with Crippen LogP contribution in [-0.2, 0) is 19.2 Å². The highest BCUT2D eigenvalue weighted by molar-refractivity contribution is 6.32. The molecule has 228 valence electrons. The number of hydrogen-bond donors (Lipinski definition) is 1. The molecule has 2 saturated heterocycles. The number of nitrogens with zero attached hydrogens (tertiary/aromatic N) is 2. The van der Waals surface area contributed by atoms with Crippen LogP contribution < -0.4 is 9.80 Å². The summed E-state index contributed by atoms with van der Waals surface area (Å²) in [6.07, 6.45) is 4.05. The van der Waals surface area contributed by atoms with E-state index in [9.17, 15) is 28.7 Å². The van der Waals surface area contributed by atoms with Crippen LogP contribution >= 0.6 is 11.6 Å². The normalized spacial score (nSPS) is 29.0. The van der Waals surface area contributed by atoms with Crippen LogP contribution in [0.5, 0.6) is 5.75 Å². The Balaban J connectivity index is 1.37.